The number of nitrogen functional groups attached to an aromatic ring is 1. The van der Waals surface area contributed by atoms with Gasteiger partial charge in [-0.15, -0.1) is 0 Å². The summed E-state index contributed by atoms with van der Waals surface area (Å²) in [4.78, 5) is 25.2. The zero-order valence-corrected chi connectivity index (χ0v) is 21.4. The van der Waals surface area contributed by atoms with E-state index in [9.17, 15) is 19.1 Å². The van der Waals surface area contributed by atoms with Crippen LogP contribution < -0.4 is 16.4 Å². The number of benzene rings is 4. The number of aromatic hydroxyl groups is 1. The minimum absolute atomic E-state index is 0.246. The van der Waals surface area contributed by atoms with E-state index in [1.54, 1.807) is 36.4 Å². The fraction of sp³-hybridized carbons (Fsp3) is 0.161. The predicted octanol–water partition coefficient (Wildman–Crippen LogP) is 7.17. The maximum Gasteiger partial charge on any atom is 0.412 e. The Balaban J connectivity index is 1.43. The zero-order chi connectivity index (χ0) is 27.8. The van der Waals surface area contributed by atoms with Crippen LogP contribution in [0.3, 0.4) is 0 Å². The molecule has 4 aromatic rings. The van der Waals surface area contributed by atoms with Crippen LogP contribution >= 0.6 is 0 Å². The summed E-state index contributed by atoms with van der Waals surface area (Å²) in [5.41, 5.74) is 7.86. The fourth-order valence-corrected chi connectivity index (χ4v) is 4.29. The maximum absolute atomic E-state index is 14.2. The topological polar surface area (TPSA) is 114 Å². The Labute approximate surface area is 226 Å². The van der Waals surface area contributed by atoms with Gasteiger partial charge < -0.3 is 20.9 Å². The molecule has 0 unspecified atom stereocenters. The summed E-state index contributed by atoms with van der Waals surface area (Å²) in [6.45, 7) is 1.87. The number of carbonyl (C=O) groups is 2. The first-order valence-corrected chi connectivity index (χ1v) is 12.6. The standard InChI is InChI=1S/C31H30FN3O4/c1-20(9-2-7-16-29(37)34-27-14-6-5-13-25(27)33)30(22-17-18-28(36)24(32)19-22)39-31(38)35-26-15-8-11-21-10-3-4-12-23(21)26/h3-8,10-20,30,36H,2,9,33H2,1H3,(H,34,37)(H,35,38)/b16-7+/t20-,30-/m1/s1. The first kappa shape index (κ1) is 27.2. The van der Waals surface area contributed by atoms with Crippen LogP contribution in [0, 0.1) is 11.7 Å². The van der Waals surface area contributed by atoms with Crippen LogP contribution in [0.2, 0.25) is 0 Å². The summed E-state index contributed by atoms with van der Waals surface area (Å²) in [6.07, 6.45) is 2.68. The van der Waals surface area contributed by atoms with Crippen molar-refractivity contribution in [3.63, 3.8) is 0 Å². The summed E-state index contributed by atoms with van der Waals surface area (Å²) >= 11 is 0. The summed E-state index contributed by atoms with van der Waals surface area (Å²) < 4.78 is 20.0. The molecule has 0 fully saturated rings. The molecule has 0 aliphatic carbocycles. The van der Waals surface area contributed by atoms with Gasteiger partial charge >= 0.3 is 6.09 Å². The van der Waals surface area contributed by atoms with Crippen LogP contribution in [0.1, 0.15) is 31.4 Å². The number of hydrogen-bond donors (Lipinski definition) is 4. The number of para-hydroxylation sites is 2. The molecule has 0 spiro atoms. The third-order valence-corrected chi connectivity index (χ3v) is 6.35. The van der Waals surface area contributed by atoms with Crippen molar-refractivity contribution in [2.24, 2.45) is 5.92 Å². The Kier molecular flexibility index (Phi) is 8.78. The lowest BCUT2D eigenvalue weighted by Crippen LogP contribution is -2.22. The first-order chi connectivity index (χ1) is 18.8. The van der Waals surface area contributed by atoms with E-state index >= 15 is 0 Å². The molecule has 5 N–H and O–H groups in total. The van der Waals surface area contributed by atoms with E-state index in [1.807, 2.05) is 43.3 Å². The lowest BCUT2D eigenvalue weighted by molar-refractivity contribution is -0.111. The van der Waals surface area contributed by atoms with Crippen molar-refractivity contribution in [2.75, 3.05) is 16.4 Å². The molecular formula is C31H30FN3O4. The summed E-state index contributed by atoms with van der Waals surface area (Å²) in [5, 5.41) is 17.0. The van der Waals surface area contributed by atoms with Crippen molar-refractivity contribution in [3.8, 4) is 5.75 Å². The first-order valence-electron chi connectivity index (χ1n) is 12.6. The number of fused-ring (bicyclic) bond motifs is 1. The molecule has 0 aliphatic heterocycles. The van der Waals surface area contributed by atoms with Gasteiger partial charge in [0.15, 0.2) is 11.6 Å². The molecule has 0 aromatic heterocycles. The second-order valence-corrected chi connectivity index (χ2v) is 9.22. The highest BCUT2D eigenvalue weighted by molar-refractivity contribution is 6.01. The van der Waals surface area contributed by atoms with E-state index in [0.717, 1.165) is 16.8 Å². The number of rotatable bonds is 9. The number of nitrogens with two attached hydrogens (primary N) is 1. The van der Waals surface area contributed by atoms with Gasteiger partial charge in [-0.3, -0.25) is 10.1 Å². The lowest BCUT2D eigenvalue weighted by atomic mass is 9.93. The zero-order valence-electron chi connectivity index (χ0n) is 21.4. The van der Waals surface area contributed by atoms with Crippen LogP contribution in [0.25, 0.3) is 10.8 Å². The van der Waals surface area contributed by atoms with Crippen LogP contribution in [0.4, 0.5) is 26.2 Å². The average molecular weight is 528 g/mol. The van der Waals surface area contributed by atoms with Gasteiger partial charge in [-0.05, 0) is 66.1 Å². The summed E-state index contributed by atoms with van der Waals surface area (Å²) in [6, 6.07) is 24.1. The normalized spacial score (nSPS) is 12.7. The number of halogens is 1. The maximum atomic E-state index is 14.2. The minimum atomic E-state index is -0.806. The molecule has 2 atom stereocenters. The second kappa shape index (κ2) is 12.6. The molecular weight excluding hydrogens is 497 g/mol. The van der Waals surface area contributed by atoms with Crippen LogP contribution in [-0.4, -0.2) is 17.1 Å². The fourth-order valence-electron chi connectivity index (χ4n) is 4.29. The predicted molar refractivity (Wildman–Crippen MR) is 152 cm³/mol. The second-order valence-electron chi connectivity index (χ2n) is 9.22. The Morgan fingerprint density at radius 3 is 2.49 bits per heavy atom. The molecule has 4 aromatic carbocycles. The van der Waals surface area contributed by atoms with Crippen molar-refractivity contribution in [3.05, 3.63) is 108 Å². The van der Waals surface area contributed by atoms with E-state index in [1.165, 1.54) is 18.2 Å². The quantitative estimate of drug-likeness (QED) is 0.136. The number of ether oxygens (including phenoxy) is 1. The summed E-state index contributed by atoms with van der Waals surface area (Å²) in [5.74, 6) is -1.86. The van der Waals surface area contributed by atoms with Gasteiger partial charge in [-0.1, -0.05) is 67.6 Å². The van der Waals surface area contributed by atoms with E-state index < -0.39 is 23.8 Å². The highest BCUT2D eigenvalue weighted by Gasteiger charge is 2.25. The molecule has 39 heavy (non-hydrogen) atoms. The number of hydrogen-bond acceptors (Lipinski definition) is 5. The molecule has 2 amide bonds. The number of phenols is 1. The molecule has 0 bridgehead atoms. The Morgan fingerprint density at radius 2 is 1.69 bits per heavy atom. The third-order valence-electron chi connectivity index (χ3n) is 6.35. The van der Waals surface area contributed by atoms with E-state index in [2.05, 4.69) is 10.6 Å². The smallest absolute Gasteiger partial charge is 0.412 e. The average Bonchev–Trinajstić information content (AvgIpc) is 2.93. The molecule has 200 valence electrons. The number of carbonyl (C=O) groups excluding carboxylic acids is 2. The van der Waals surface area contributed by atoms with Gasteiger partial charge in [0.2, 0.25) is 5.91 Å². The van der Waals surface area contributed by atoms with E-state index in [-0.39, 0.29) is 11.8 Å². The van der Waals surface area contributed by atoms with Crippen molar-refractivity contribution in [1.29, 1.82) is 0 Å². The number of nitrogens with one attached hydrogen (secondary N) is 2. The van der Waals surface area contributed by atoms with Gasteiger partial charge in [0, 0.05) is 5.39 Å². The molecule has 8 heteroatoms. The molecule has 0 saturated carbocycles. The van der Waals surface area contributed by atoms with Gasteiger partial charge in [0.25, 0.3) is 0 Å². The molecule has 0 radical (unpaired) electrons. The molecule has 4 rings (SSSR count). The van der Waals surface area contributed by atoms with Crippen molar-refractivity contribution in [2.45, 2.75) is 25.9 Å². The highest BCUT2D eigenvalue weighted by Crippen LogP contribution is 2.33. The Hall–Kier alpha value is -4.85. The van der Waals surface area contributed by atoms with Crippen LogP contribution in [-0.2, 0) is 9.53 Å². The third kappa shape index (κ3) is 7.13. The van der Waals surface area contributed by atoms with Crippen molar-refractivity contribution >= 4 is 39.8 Å². The molecule has 0 aliphatic rings. The molecule has 7 nitrogen and oxygen atoms in total. The number of phenolic OH excluding ortho intramolecular Hbond substituents is 1. The SMILES string of the molecule is C[C@H](CC/C=C/C(=O)Nc1ccccc1N)[C@@H](OC(=O)Nc1cccc2ccccc12)c1ccc(O)c(F)c1. The minimum Gasteiger partial charge on any atom is -0.505 e. The van der Waals surface area contributed by atoms with Crippen molar-refractivity contribution < 1.29 is 23.8 Å². The van der Waals surface area contributed by atoms with Gasteiger partial charge in [-0.25, -0.2) is 9.18 Å². The Bertz CT molecular complexity index is 1500. The highest BCUT2D eigenvalue weighted by atomic mass is 19.1. The monoisotopic (exact) mass is 527 g/mol. The largest absolute Gasteiger partial charge is 0.505 e. The van der Waals surface area contributed by atoms with Crippen LogP contribution in [0.5, 0.6) is 5.75 Å². The molecule has 0 saturated heterocycles. The van der Waals surface area contributed by atoms with Gasteiger partial charge in [-0.2, -0.15) is 0 Å². The number of amides is 2. The lowest BCUT2D eigenvalue weighted by Gasteiger charge is -2.25. The number of anilines is 3. The van der Waals surface area contributed by atoms with E-state index in [0.29, 0.717) is 35.5 Å². The number of allylic oxidation sites excluding steroid dienone is 1. The van der Waals surface area contributed by atoms with Crippen LogP contribution in [0.15, 0.2) is 97.1 Å². The van der Waals surface area contributed by atoms with Gasteiger partial charge in [0.1, 0.15) is 6.10 Å². The Morgan fingerprint density at radius 1 is 0.974 bits per heavy atom. The van der Waals surface area contributed by atoms with E-state index in [4.69, 9.17) is 10.5 Å². The summed E-state index contributed by atoms with van der Waals surface area (Å²) in [7, 11) is 0. The van der Waals surface area contributed by atoms with Gasteiger partial charge in [0.05, 0.1) is 17.1 Å². The van der Waals surface area contributed by atoms with Crippen molar-refractivity contribution in [1.82, 2.24) is 0 Å². The molecule has 0 heterocycles.